The molecule has 0 spiro atoms. The molecular weight excluding hydrogens is 869 g/mol. The van der Waals surface area contributed by atoms with Crippen molar-refractivity contribution < 1.29 is 81.6 Å². The first-order valence-electron chi connectivity index (χ1n) is 25.1. The molecular formula is C47H88O17S. The highest BCUT2D eigenvalue weighted by Crippen LogP contribution is 2.30. The Kier molecular flexibility index (Phi) is 32.6. The smallest absolute Gasteiger partial charge is 0.306 e. The number of rotatable bonds is 39. The summed E-state index contributed by atoms with van der Waals surface area (Å²) in [4.78, 5) is 25.7. The molecule has 7 N–H and O–H groups in total. The summed E-state index contributed by atoms with van der Waals surface area (Å²) in [6, 6.07) is 0. The Morgan fingerprint density at radius 2 is 0.938 bits per heavy atom. The van der Waals surface area contributed by atoms with E-state index >= 15 is 0 Å². The molecule has 2 aliphatic heterocycles. The number of aliphatic hydroxyl groups is 6. The summed E-state index contributed by atoms with van der Waals surface area (Å²) in [5.74, 6) is -2.14. The third-order valence-corrected chi connectivity index (χ3v) is 13.0. The molecule has 2 saturated heterocycles. The summed E-state index contributed by atoms with van der Waals surface area (Å²) < 4.78 is 65.6. The van der Waals surface area contributed by atoms with E-state index in [1.54, 1.807) is 0 Å². The molecule has 0 aliphatic carbocycles. The average molecular weight is 957 g/mol. The van der Waals surface area contributed by atoms with E-state index in [-0.39, 0.29) is 19.4 Å². The zero-order chi connectivity index (χ0) is 47.9. The van der Waals surface area contributed by atoms with Gasteiger partial charge in [0, 0.05) is 12.8 Å². The second-order valence-electron chi connectivity index (χ2n) is 18.2. The Balaban J connectivity index is 1.89. The third-order valence-electron chi connectivity index (χ3n) is 12.3. The Hall–Kier alpha value is -1.55. The molecule has 0 aromatic heterocycles. The normalized spacial score (nSPS) is 26.5. The van der Waals surface area contributed by atoms with Gasteiger partial charge in [-0.15, -0.1) is 0 Å². The molecule has 11 atom stereocenters. The summed E-state index contributed by atoms with van der Waals surface area (Å²) in [6.45, 7) is 2.85. The van der Waals surface area contributed by atoms with Crippen molar-refractivity contribution in [3.63, 3.8) is 0 Å². The Labute approximate surface area is 389 Å². The van der Waals surface area contributed by atoms with Crippen LogP contribution >= 0.6 is 0 Å². The van der Waals surface area contributed by atoms with Gasteiger partial charge < -0.3 is 59.1 Å². The van der Waals surface area contributed by atoms with Crippen LogP contribution in [0.3, 0.4) is 0 Å². The monoisotopic (exact) mass is 957 g/mol. The van der Waals surface area contributed by atoms with E-state index in [1.807, 2.05) is 0 Å². The number of aliphatic hydroxyl groups excluding tert-OH is 6. The Morgan fingerprint density at radius 1 is 0.523 bits per heavy atom. The fourth-order valence-corrected chi connectivity index (χ4v) is 8.97. The Morgan fingerprint density at radius 3 is 1.38 bits per heavy atom. The summed E-state index contributed by atoms with van der Waals surface area (Å²) in [5, 5.41) is 63.2. The van der Waals surface area contributed by atoms with Crippen LogP contribution < -0.4 is 0 Å². The molecule has 2 fully saturated rings. The first-order chi connectivity index (χ1) is 31.2. The molecule has 1 unspecified atom stereocenters. The highest BCUT2D eigenvalue weighted by atomic mass is 32.2. The maximum atomic E-state index is 13.0. The summed E-state index contributed by atoms with van der Waals surface area (Å²) in [6.07, 6.45) is 11.4. The molecule has 0 amide bonds. The van der Waals surface area contributed by atoms with Crippen LogP contribution in [0.5, 0.6) is 0 Å². The zero-order valence-corrected chi connectivity index (χ0v) is 40.4. The van der Waals surface area contributed by atoms with Crippen molar-refractivity contribution in [2.45, 2.75) is 261 Å². The van der Waals surface area contributed by atoms with Gasteiger partial charge in [-0.05, 0) is 12.8 Å². The van der Waals surface area contributed by atoms with Crippen LogP contribution in [0.25, 0.3) is 0 Å². The lowest BCUT2D eigenvalue weighted by molar-refractivity contribution is -0.357. The van der Waals surface area contributed by atoms with Crippen LogP contribution in [0.1, 0.15) is 194 Å². The van der Waals surface area contributed by atoms with Crippen molar-refractivity contribution in [2.24, 2.45) is 0 Å². The van der Waals surface area contributed by atoms with Gasteiger partial charge in [-0.2, -0.15) is 8.42 Å². The number of ether oxygens (including phenoxy) is 6. The summed E-state index contributed by atoms with van der Waals surface area (Å²) >= 11 is 0. The predicted molar refractivity (Wildman–Crippen MR) is 243 cm³/mol. The van der Waals surface area contributed by atoms with E-state index < -0.39 is 109 Å². The molecule has 65 heavy (non-hydrogen) atoms. The largest absolute Gasteiger partial charge is 0.462 e. The SMILES string of the molecule is CCCCCCCCCCCCCCCC(=O)OCC(CO[C@@H]1O[C@H](CO)[C@@H](O[C@@H]2O[C@H](CS(=O)(=O)O)[C@@H](O)[C@H](O)[C@H]2O)[C@H](O)[C@H]1O)OC(=O)CCCCCCCCCCCCCCC. The van der Waals surface area contributed by atoms with Gasteiger partial charge in [0.25, 0.3) is 10.1 Å². The number of carbonyl (C=O) groups is 2. The van der Waals surface area contributed by atoms with Crippen molar-refractivity contribution in [2.75, 3.05) is 25.6 Å². The fraction of sp³-hybridized carbons (Fsp3) is 0.957. The van der Waals surface area contributed by atoms with Gasteiger partial charge in [-0.3, -0.25) is 14.1 Å². The molecule has 2 rings (SSSR count). The number of hydrogen-bond acceptors (Lipinski definition) is 16. The van der Waals surface area contributed by atoms with E-state index in [4.69, 9.17) is 28.4 Å². The molecule has 0 aromatic rings. The third kappa shape index (κ3) is 26.1. The van der Waals surface area contributed by atoms with E-state index in [0.29, 0.717) is 12.8 Å². The Bertz CT molecular complexity index is 1320. The van der Waals surface area contributed by atoms with Crippen molar-refractivity contribution >= 4 is 22.1 Å². The summed E-state index contributed by atoms with van der Waals surface area (Å²) in [5.41, 5.74) is 0. The molecule has 0 radical (unpaired) electrons. The van der Waals surface area contributed by atoms with Crippen LogP contribution in [0.15, 0.2) is 0 Å². The van der Waals surface area contributed by atoms with Crippen LogP contribution in [-0.2, 0) is 48.1 Å². The minimum atomic E-state index is -4.72. The van der Waals surface area contributed by atoms with Crippen molar-refractivity contribution in [3.05, 3.63) is 0 Å². The number of hydrogen-bond donors (Lipinski definition) is 7. The second-order valence-corrected chi connectivity index (χ2v) is 19.7. The lowest BCUT2D eigenvalue weighted by atomic mass is 9.97. The number of esters is 2. The summed E-state index contributed by atoms with van der Waals surface area (Å²) in [7, 11) is -4.72. The van der Waals surface area contributed by atoms with Gasteiger partial charge in [0.1, 0.15) is 61.2 Å². The molecule has 384 valence electrons. The number of carbonyl (C=O) groups excluding carboxylic acids is 2. The second kappa shape index (κ2) is 35.5. The lowest BCUT2D eigenvalue weighted by Gasteiger charge is -2.46. The quantitative estimate of drug-likeness (QED) is 0.0213. The van der Waals surface area contributed by atoms with Crippen LogP contribution in [0.2, 0.25) is 0 Å². The first kappa shape index (κ1) is 59.6. The first-order valence-corrected chi connectivity index (χ1v) is 26.7. The maximum absolute atomic E-state index is 13.0. The van der Waals surface area contributed by atoms with E-state index in [2.05, 4.69) is 13.8 Å². The predicted octanol–water partition coefficient (Wildman–Crippen LogP) is 5.94. The standard InChI is InChI=1S/C47H88O17S/c1-3-5-7-9-11-13-15-17-19-21-23-25-27-29-38(49)59-32-35(61-39(50)30-28-26-24-22-20-18-16-14-12-10-8-6-4-2)33-60-46-44(55)42(53)45(36(31-48)62-46)64-47-43(54)41(52)40(51)37(63-47)34-65(56,57)58/h35-37,40-48,51-55H,3-34H2,1-2H3,(H,56,57,58)/t35?,36-,37-,40-,41+,42-,43-,44-,45-,46-,47+/m1/s1. The molecule has 2 heterocycles. The van der Waals surface area contributed by atoms with Gasteiger partial charge in [-0.25, -0.2) is 0 Å². The highest BCUT2D eigenvalue weighted by Gasteiger charge is 2.51. The van der Waals surface area contributed by atoms with E-state index in [0.717, 1.165) is 38.5 Å². The minimum absolute atomic E-state index is 0.139. The van der Waals surface area contributed by atoms with Gasteiger partial charge in [-0.1, -0.05) is 168 Å². The van der Waals surface area contributed by atoms with E-state index in [1.165, 1.54) is 116 Å². The van der Waals surface area contributed by atoms with Gasteiger partial charge in [0.2, 0.25) is 0 Å². The van der Waals surface area contributed by atoms with Crippen molar-refractivity contribution in [1.82, 2.24) is 0 Å². The molecule has 0 aromatic carbocycles. The zero-order valence-electron chi connectivity index (χ0n) is 39.6. The van der Waals surface area contributed by atoms with Crippen LogP contribution in [0, 0.1) is 0 Å². The van der Waals surface area contributed by atoms with Crippen LogP contribution in [-0.4, -0.2) is 149 Å². The van der Waals surface area contributed by atoms with Gasteiger partial charge in [0.05, 0.1) is 13.2 Å². The van der Waals surface area contributed by atoms with Gasteiger partial charge in [0.15, 0.2) is 18.7 Å². The minimum Gasteiger partial charge on any atom is -0.462 e. The lowest BCUT2D eigenvalue weighted by Crippen LogP contribution is -2.65. The van der Waals surface area contributed by atoms with Crippen molar-refractivity contribution in [1.29, 1.82) is 0 Å². The average Bonchev–Trinajstić information content (AvgIpc) is 3.27. The molecule has 0 saturated carbocycles. The highest BCUT2D eigenvalue weighted by molar-refractivity contribution is 7.85. The number of unbranched alkanes of at least 4 members (excludes halogenated alkanes) is 24. The van der Waals surface area contributed by atoms with Crippen LogP contribution in [0.4, 0.5) is 0 Å². The molecule has 2 aliphatic rings. The maximum Gasteiger partial charge on any atom is 0.306 e. The molecule has 0 bridgehead atoms. The van der Waals surface area contributed by atoms with E-state index in [9.17, 15) is 53.2 Å². The van der Waals surface area contributed by atoms with Crippen molar-refractivity contribution in [3.8, 4) is 0 Å². The molecule has 17 nitrogen and oxygen atoms in total. The molecule has 18 heteroatoms. The topological polar surface area (TPSA) is 265 Å². The fourth-order valence-electron chi connectivity index (χ4n) is 8.28. The van der Waals surface area contributed by atoms with Gasteiger partial charge >= 0.3 is 11.9 Å².